The molecule has 3 aliphatic heterocycles. The molecule has 3 aromatic rings. The maximum Gasteiger partial charge on any atom is 0.333 e. The van der Waals surface area contributed by atoms with Crippen LogP contribution in [0.15, 0.2) is 91.0 Å². The van der Waals surface area contributed by atoms with Gasteiger partial charge in [-0.3, -0.25) is 9.59 Å². The Morgan fingerprint density at radius 3 is 2.05 bits per heavy atom. The highest BCUT2D eigenvalue weighted by Crippen LogP contribution is 2.36. The number of carbonyl (C=O) groups excluding carboxylic acids is 3. The summed E-state index contributed by atoms with van der Waals surface area (Å²) in [6.07, 6.45) is 1.77. The van der Waals surface area contributed by atoms with Gasteiger partial charge in [-0.05, 0) is 11.1 Å². The average Bonchev–Trinajstić information content (AvgIpc) is 2.93. The minimum Gasteiger partial charge on any atom is -0.454 e. The van der Waals surface area contributed by atoms with Crippen LogP contribution in [0.4, 0.5) is 0 Å². The van der Waals surface area contributed by atoms with Crippen LogP contribution in [0, 0.1) is 5.92 Å². The van der Waals surface area contributed by atoms with Gasteiger partial charge < -0.3 is 14.5 Å². The number of carbonyl (C=O) groups is 3. The number of ketones is 1. The van der Waals surface area contributed by atoms with Crippen LogP contribution < -0.4 is 5.32 Å². The first-order valence-electron chi connectivity index (χ1n) is 13.0. The third-order valence-corrected chi connectivity index (χ3v) is 7.77. The summed E-state index contributed by atoms with van der Waals surface area (Å²) in [7, 11) is 0. The molecule has 0 saturated carbocycles. The minimum atomic E-state index is -0.882. The average molecular weight is 514 g/mol. The lowest BCUT2D eigenvalue weighted by Crippen LogP contribution is -2.66. The normalized spacial score (nSPS) is 22.5. The SMILES string of the molecule is C.O=C(Cc1ccccc1)NC(C(=O)O[C@H]1C[N+]2(CC(=O)c3ccccc3)CCC1CC2)c1ccccc1. The lowest BCUT2D eigenvalue weighted by Gasteiger charge is -2.51. The number of hydrogen-bond donors (Lipinski definition) is 1. The van der Waals surface area contributed by atoms with E-state index >= 15 is 0 Å². The maximum atomic E-state index is 13.5. The molecule has 0 spiro atoms. The second kappa shape index (κ2) is 12.2. The van der Waals surface area contributed by atoms with E-state index in [-0.39, 0.29) is 37.6 Å². The Morgan fingerprint density at radius 1 is 0.842 bits per heavy atom. The van der Waals surface area contributed by atoms with E-state index in [1.807, 2.05) is 91.0 Å². The zero-order chi connectivity index (χ0) is 25.7. The highest BCUT2D eigenvalue weighted by molar-refractivity contribution is 5.97. The van der Waals surface area contributed by atoms with Crippen LogP contribution in [0.5, 0.6) is 0 Å². The van der Waals surface area contributed by atoms with Gasteiger partial charge in [-0.1, -0.05) is 98.4 Å². The highest BCUT2D eigenvalue weighted by atomic mass is 16.5. The van der Waals surface area contributed by atoms with E-state index in [1.54, 1.807) is 0 Å². The van der Waals surface area contributed by atoms with E-state index in [0.717, 1.165) is 37.1 Å². The summed E-state index contributed by atoms with van der Waals surface area (Å²) in [6.45, 7) is 2.90. The van der Waals surface area contributed by atoms with Crippen molar-refractivity contribution in [2.24, 2.45) is 5.92 Å². The van der Waals surface area contributed by atoms with Crippen molar-refractivity contribution in [2.75, 3.05) is 26.2 Å². The fourth-order valence-electron chi connectivity index (χ4n) is 5.73. The first-order valence-corrected chi connectivity index (χ1v) is 13.0. The fraction of sp³-hybridized carbons (Fsp3) is 0.344. The molecule has 0 aliphatic carbocycles. The molecule has 3 fully saturated rings. The molecule has 6 heteroatoms. The number of nitrogens with zero attached hydrogens (tertiary/aromatic N) is 1. The van der Waals surface area contributed by atoms with E-state index in [2.05, 4.69) is 5.32 Å². The van der Waals surface area contributed by atoms with E-state index in [0.29, 0.717) is 23.1 Å². The van der Waals surface area contributed by atoms with Crippen LogP contribution in [-0.2, 0) is 20.7 Å². The molecule has 3 aliphatic rings. The number of piperidine rings is 3. The van der Waals surface area contributed by atoms with Gasteiger partial charge in [0.05, 0.1) is 19.5 Å². The molecule has 1 amide bonds. The topological polar surface area (TPSA) is 72.5 Å². The lowest BCUT2D eigenvalue weighted by molar-refractivity contribution is -0.938. The molecule has 0 radical (unpaired) electrons. The molecule has 2 atom stereocenters. The summed E-state index contributed by atoms with van der Waals surface area (Å²) in [5.41, 5.74) is 2.30. The number of ether oxygens (including phenoxy) is 1. The standard InChI is InChI=1S/C31H32N2O4.CH4/c34-27(24-12-6-2-7-13-24)21-33-18-16-25(17-19-33)28(22-33)37-31(36)30(26-14-8-3-9-15-26)32-29(35)20-23-10-4-1-5-11-23;/h1-15,25,28,30H,16-22H2;1H4/p+1/t25?,28-,30?,33?;/m0./s1. The van der Waals surface area contributed by atoms with E-state index in [1.165, 1.54) is 0 Å². The van der Waals surface area contributed by atoms with Crippen LogP contribution in [-0.4, -0.2) is 54.4 Å². The van der Waals surface area contributed by atoms with Gasteiger partial charge in [0.15, 0.2) is 12.1 Å². The van der Waals surface area contributed by atoms with Crippen molar-refractivity contribution < 1.29 is 23.6 Å². The largest absolute Gasteiger partial charge is 0.454 e. The van der Waals surface area contributed by atoms with E-state index in [4.69, 9.17) is 4.74 Å². The number of esters is 1. The van der Waals surface area contributed by atoms with Crippen LogP contribution in [0.1, 0.15) is 47.8 Å². The molecule has 1 N–H and O–H groups in total. The Morgan fingerprint density at radius 2 is 1.42 bits per heavy atom. The molecular weight excluding hydrogens is 476 g/mol. The Kier molecular flexibility index (Phi) is 8.74. The van der Waals surface area contributed by atoms with Gasteiger partial charge in [-0.15, -0.1) is 0 Å². The molecule has 2 bridgehead atoms. The first kappa shape index (κ1) is 27.3. The van der Waals surface area contributed by atoms with Crippen molar-refractivity contribution >= 4 is 17.7 Å². The van der Waals surface area contributed by atoms with Crippen molar-refractivity contribution in [3.05, 3.63) is 108 Å². The number of nitrogens with one attached hydrogen (secondary N) is 1. The summed E-state index contributed by atoms with van der Waals surface area (Å²) >= 11 is 0. The molecule has 3 aromatic carbocycles. The van der Waals surface area contributed by atoms with Gasteiger partial charge in [0.1, 0.15) is 13.1 Å². The van der Waals surface area contributed by atoms with Crippen LogP contribution >= 0.6 is 0 Å². The maximum absolute atomic E-state index is 13.5. The summed E-state index contributed by atoms with van der Waals surface area (Å²) in [5.74, 6) is -0.268. The molecule has 1 unspecified atom stereocenters. The second-order valence-electron chi connectivity index (χ2n) is 10.3. The Labute approximate surface area is 225 Å². The lowest BCUT2D eigenvalue weighted by atomic mass is 9.82. The van der Waals surface area contributed by atoms with Crippen molar-refractivity contribution in [3.63, 3.8) is 0 Å². The molecule has 6 nitrogen and oxygen atoms in total. The van der Waals surface area contributed by atoms with Gasteiger partial charge >= 0.3 is 5.97 Å². The third kappa shape index (κ3) is 6.37. The molecule has 0 aromatic heterocycles. The Hall–Kier alpha value is -3.77. The predicted molar refractivity (Wildman–Crippen MR) is 147 cm³/mol. The van der Waals surface area contributed by atoms with Crippen molar-refractivity contribution in [2.45, 2.75) is 38.8 Å². The van der Waals surface area contributed by atoms with Gasteiger partial charge in [0.25, 0.3) is 0 Å². The molecular formula is C32H37N2O4+. The minimum absolute atomic E-state index is 0. The summed E-state index contributed by atoms with van der Waals surface area (Å²) in [6, 6.07) is 27.2. The van der Waals surface area contributed by atoms with E-state index < -0.39 is 12.0 Å². The molecule has 3 heterocycles. The number of hydrogen-bond acceptors (Lipinski definition) is 4. The van der Waals surface area contributed by atoms with Crippen molar-refractivity contribution in [1.29, 1.82) is 0 Å². The fourth-order valence-corrected chi connectivity index (χ4v) is 5.73. The number of benzene rings is 3. The van der Waals surface area contributed by atoms with Gasteiger partial charge in [-0.25, -0.2) is 4.79 Å². The molecule has 6 rings (SSSR count). The predicted octanol–water partition coefficient (Wildman–Crippen LogP) is 4.76. The summed E-state index contributed by atoms with van der Waals surface area (Å²) < 4.78 is 6.78. The second-order valence-corrected chi connectivity index (χ2v) is 10.3. The molecule has 3 saturated heterocycles. The molecule has 38 heavy (non-hydrogen) atoms. The van der Waals surface area contributed by atoms with Crippen molar-refractivity contribution in [3.8, 4) is 0 Å². The number of amides is 1. The summed E-state index contributed by atoms with van der Waals surface area (Å²) in [4.78, 5) is 39.4. The number of quaternary nitrogens is 1. The highest BCUT2D eigenvalue weighted by Gasteiger charge is 2.49. The summed E-state index contributed by atoms with van der Waals surface area (Å²) in [5, 5.41) is 2.91. The first-order chi connectivity index (χ1) is 18.0. The Bertz CT molecular complexity index is 1220. The van der Waals surface area contributed by atoms with Gasteiger partial charge in [-0.2, -0.15) is 0 Å². The number of rotatable bonds is 9. The van der Waals surface area contributed by atoms with Gasteiger partial charge in [0.2, 0.25) is 11.7 Å². The van der Waals surface area contributed by atoms with Crippen LogP contribution in [0.2, 0.25) is 0 Å². The third-order valence-electron chi connectivity index (χ3n) is 7.77. The zero-order valence-corrected chi connectivity index (χ0v) is 20.9. The van der Waals surface area contributed by atoms with Gasteiger partial charge in [0, 0.05) is 24.3 Å². The van der Waals surface area contributed by atoms with Crippen LogP contribution in [0.25, 0.3) is 0 Å². The van der Waals surface area contributed by atoms with E-state index in [9.17, 15) is 14.4 Å². The Balaban J connectivity index is 0.00000336. The zero-order valence-electron chi connectivity index (χ0n) is 20.9. The van der Waals surface area contributed by atoms with Crippen molar-refractivity contribution in [1.82, 2.24) is 5.32 Å². The number of fused-ring (bicyclic) bond motifs is 3. The number of Topliss-reactive ketones (excluding diaryl/α,β-unsaturated/α-hetero) is 1. The molecule has 198 valence electrons. The monoisotopic (exact) mass is 513 g/mol. The van der Waals surface area contributed by atoms with Crippen LogP contribution in [0.3, 0.4) is 0 Å². The smallest absolute Gasteiger partial charge is 0.333 e. The quantitative estimate of drug-likeness (QED) is 0.254.